The number of sulfonamides is 1. The van der Waals surface area contributed by atoms with Crippen molar-refractivity contribution in [3.63, 3.8) is 0 Å². The molecule has 1 amide bonds. The predicted molar refractivity (Wildman–Crippen MR) is 105 cm³/mol. The lowest BCUT2D eigenvalue weighted by molar-refractivity contribution is -0.127. The number of nitrogens with zero attached hydrogens (tertiary/aromatic N) is 1. The zero-order chi connectivity index (χ0) is 18.7. The van der Waals surface area contributed by atoms with Crippen LogP contribution in [-0.2, 0) is 14.8 Å². The highest BCUT2D eigenvalue weighted by Crippen LogP contribution is 2.27. The highest BCUT2D eigenvalue weighted by atomic mass is 79.9. The van der Waals surface area contributed by atoms with Crippen LogP contribution in [0.1, 0.15) is 45.4 Å². The van der Waals surface area contributed by atoms with Crippen LogP contribution < -0.4 is 5.32 Å². The molecule has 7 heteroatoms. The lowest BCUT2D eigenvalue weighted by atomic mass is 9.85. The molecular formula is C19H27BrN2O3S. The van der Waals surface area contributed by atoms with Gasteiger partial charge in [-0.2, -0.15) is 4.31 Å². The average molecular weight is 443 g/mol. The van der Waals surface area contributed by atoms with Crippen molar-refractivity contribution in [1.29, 1.82) is 0 Å². The summed E-state index contributed by atoms with van der Waals surface area (Å²) in [5.74, 6) is 0.251. The van der Waals surface area contributed by atoms with Gasteiger partial charge in [0, 0.05) is 23.6 Å². The summed E-state index contributed by atoms with van der Waals surface area (Å²) in [6.07, 6.45) is 6.04. The summed E-state index contributed by atoms with van der Waals surface area (Å²) in [6.45, 7) is 2.93. The van der Waals surface area contributed by atoms with Crippen LogP contribution in [0, 0.1) is 11.8 Å². The second-order valence-electron chi connectivity index (χ2n) is 7.53. The lowest BCUT2D eigenvalue weighted by Crippen LogP contribution is -2.49. The fourth-order valence-electron chi connectivity index (χ4n) is 3.96. The van der Waals surface area contributed by atoms with E-state index in [4.69, 9.17) is 0 Å². The van der Waals surface area contributed by atoms with E-state index in [0.717, 1.165) is 30.2 Å². The third kappa shape index (κ3) is 4.49. The van der Waals surface area contributed by atoms with Gasteiger partial charge in [0.2, 0.25) is 15.9 Å². The Morgan fingerprint density at radius 1 is 1.12 bits per heavy atom. The van der Waals surface area contributed by atoms with Crippen molar-refractivity contribution >= 4 is 31.9 Å². The first-order valence-electron chi connectivity index (χ1n) is 9.44. The van der Waals surface area contributed by atoms with Gasteiger partial charge in [-0.3, -0.25) is 4.79 Å². The van der Waals surface area contributed by atoms with E-state index in [1.165, 1.54) is 10.7 Å². The molecule has 1 aromatic carbocycles. The van der Waals surface area contributed by atoms with E-state index in [1.54, 1.807) is 24.3 Å². The normalized spacial score (nSPS) is 27.8. The number of hydrogen-bond donors (Lipinski definition) is 1. The van der Waals surface area contributed by atoms with Gasteiger partial charge in [-0.05, 0) is 55.9 Å². The minimum atomic E-state index is -3.56. The molecule has 2 aliphatic rings. The number of amides is 1. The molecule has 1 N–H and O–H groups in total. The van der Waals surface area contributed by atoms with Crippen LogP contribution in [-0.4, -0.2) is 37.8 Å². The van der Waals surface area contributed by atoms with Crippen LogP contribution in [0.3, 0.4) is 0 Å². The number of carbonyl (C=O) groups is 1. The van der Waals surface area contributed by atoms with Crippen molar-refractivity contribution in [3.8, 4) is 0 Å². The molecule has 3 rings (SSSR count). The van der Waals surface area contributed by atoms with Crippen molar-refractivity contribution in [3.05, 3.63) is 28.7 Å². The molecule has 0 radical (unpaired) electrons. The van der Waals surface area contributed by atoms with Gasteiger partial charge in [-0.15, -0.1) is 0 Å². The molecule has 144 valence electrons. The van der Waals surface area contributed by atoms with Crippen LogP contribution in [0.15, 0.2) is 33.6 Å². The quantitative estimate of drug-likeness (QED) is 0.774. The van der Waals surface area contributed by atoms with Gasteiger partial charge >= 0.3 is 0 Å². The van der Waals surface area contributed by atoms with Crippen LogP contribution in [0.4, 0.5) is 0 Å². The van der Waals surface area contributed by atoms with Crippen molar-refractivity contribution in [2.24, 2.45) is 11.8 Å². The van der Waals surface area contributed by atoms with E-state index in [-0.39, 0.29) is 29.3 Å². The second-order valence-corrected chi connectivity index (χ2v) is 10.4. The molecule has 0 aromatic heterocycles. The van der Waals surface area contributed by atoms with Crippen LogP contribution in [0.5, 0.6) is 0 Å². The fraction of sp³-hybridized carbons (Fsp3) is 0.632. The molecule has 0 spiro atoms. The average Bonchev–Trinajstić information content (AvgIpc) is 2.64. The Morgan fingerprint density at radius 3 is 2.50 bits per heavy atom. The van der Waals surface area contributed by atoms with Crippen molar-refractivity contribution in [2.75, 3.05) is 13.1 Å². The number of hydrogen-bond acceptors (Lipinski definition) is 3. The van der Waals surface area contributed by atoms with Gasteiger partial charge in [-0.1, -0.05) is 35.7 Å². The highest BCUT2D eigenvalue weighted by Gasteiger charge is 2.34. The Hall–Kier alpha value is -0.920. The molecular weight excluding hydrogens is 416 g/mol. The van der Waals surface area contributed by atoms with Crippen molar-refractivity contribution in [2.45, 2.75) is 56.4 Å². The first kappa shape index (κ1) is 19.8. The molecule has 2 fully saturated rings. The number of benzene rings is 1. The molecule has 0 bridgehead atoms. The SMILES string of the molecule is C[C@@H]1CCCC[C@H]1NC(=O)[C@@H]1CCCN(S(=O)(=O)c2ccc(Br)cc2)C1. The number of rotatable bonds is 4. The summed E-state index contributed by atoms with van der Waals surface area (Å²) in [5, 5.41) is 3.19. The van der Waals surface area contributed by atoms with Gasteiger partial charge in [0.05, 0.1) is 10.8 Å². The zero-order valence-corrected chi connectivity index (χ0v) is 17.6. The van der Waals surface area contributed by atoms with E-state index in [2.05, 4.69) is 28.2 Å². The van der Waals surface area contributed by atoms with Gasteiger partial charge in [0.1, 0.15) is 0 Å². The van der Waals surface area contributed by atoms with Gasteiger partial charge in [-0.25, -0.2) is 8.42 Å². The van der Waals surface area contributed by atoms with Gasteiger partial charge in [0.15, 0.2) is 0 Å². The Balaban J connectivity index is 1.66. The first-order valence-corrected chi connectivity index (χ1v) is 11.7. The first-order chi connectivity index (χ1) is 12.4. The number of nitrogens with one attached hydrogen (secondary N) is 1. The van der Waals surface area contributed by atoms with Crippen LogP contribution in [0.2, 0.25) is 0 Å². The van der Waals surface area contributed by atoms with Crippen molar-refractivity contribution < 1.29 is 13.2 Å². The zero-order valence-electron chi connectivity index (χ0n) is 15.2. The van der Waals surface area contributed by atoms with E-state index in [1.807, 2.05) is 0 Å². The molecule has 3 atom stereocenters. The third-order valence-corrected chi connectivity index (χ3v) is 8.05. The minimum absolute atomic E-state index is 0.0134. The summed E-state index contributed by atoms with van der Waals surface area (Å²) in [4.78, 5) is 13.0. The molecule has 26 heavy (non-hydrogen) atoms. The number of piperidine rings is 1. The third-order valence-electron chi connectivity index (χ3n) is 5.65. The minimum Gasteiger partial charge on any atom is -0.353 e. The highest BCUT2D eigenvalue weighted by molar-refractivity contribution is 9.10. The number of carbonyl (C=O) groups excluding carboxylic acids is 1. The summed E-state index contributed by atoms with van der Waals surface area (Å²) >= 11 is 3.33. The smallest absolute Gasteiger partial charge is 0.243 e. The molecule has 1 aliphatic carbocycles. The maximum Gasteiger partial charge on any atom is 0.243 e. The Kier molecular flexibility index (Phi) is 6.41. The molecule has 1 saturated heterocycles. The van der Waals surface area contributed by atoms with Gasteiger partial charge in [0.25, 0.3) is 0 Å². The standard InChI is InChI=1S/C19H27BrN2O3S/c1-14-5-2-3-7-18(14)21-19(23)15-6-4-12-22(13-15)26(24,25)17-10-8-16(20)9-11-17/h8-11,14-15,18H,2-7,12-13H2,1H3,(H,21,23)/t14-,15-,18-/m1/s1. The van der Waals surface area contributed by atoms with E-state index in [9.17, 15) is 13.2 Å². The summed E-state index contributed by atoms with van der Waals surface area (Å²) in [7, 11) is -3.56. The Morgan fingerprint density at radius 2 is 1.81 bits per heavy atom. The molecule has 0 unspecified atom stereocenters. The number of halogens is 1. The summed E-state index contributed by atoms with van der Waals surface area (Å²) in [6, 6.07) is 6.89. The molecule has 1 aromatic rings. The van der Waals surface area contributed by atoms with E-state index >= 15 is 0 Å². The molecule has 1 saturated carbocycles. The molecule has 1 aliphatic heterocycles. The van der Waals surface area contributed by atoms with Gasteiger partial charge < -0.3 is 5.32 Å². The van der Waals surface area contributed by atoms with E-state index in [0.29, 0.717) is 18.9 Å². The van der Waals surface area contributed by atoms with Crippen molar-refractivity contribution in [1.82, 2.24) is 9.62 Å². The van der Waals surface area contributed by atoms with Crippen LogP contribution in [0.25, 0.3) is 0 Å². The Labute approximate surface area is 164 Å². The monoisotopic (exact) mass is 442 g/mol. The summed E-state index contributed by atoms with van der Waals surface area (Å²) in [5.41, 5.74) is 0. The lowest BCUT2D eigenvalue weighted by Gasteiger charge is -2.34. The second kappa shape index (κ2) is 8.40. The Bertz CT molecular complexity index is 736. The largest absolute Gasteiger partial charge is 0.353 e. The maximum atomic E-state index is 12.9. The summed E-state index contributed by atoms with van der Waals surface area (Å²) < 4.78 is 28.1. The predicted octanol–water partition coefficient (Wildman–Crippen LogP) is 3.54. The van der Waals surface area contributed by atoms with Crippen LogP contribution >= 0.6 is 15.9 Å². The van der Waals surface area contributed by atoms with E-state index < -0.39 is 10.0 Å². The fourth-order valence-corrected chi connectivity index (χ4v) is 5.75. The molecule has 1 heterocycles. The topological polar surface area (TPSA) is 66.5 Å². The molecule has 5 nitrogen and oxygen atoms in total. The maximum absolute atomic E-state index is 12.9.